The molecule has 0 amide bonds. The van der Waals surface area contributed by atoms with Gasteiger partial charge in [0, 0.05) is 53.6 Å². The van der Waals surface area contributed by atoms with Gasteiger partial charge < -0.3 is 15.6 Å². The Balaban J connectivity index is 1.38. The highest BCUT2D eigenvalue weighted by molar-refractivity contribution is 5.88. The van der Waals surface area contributed by atoms with Crippen molar-refractivity contribution in [3.8, 4) is 11.3 Å². The third-order valence-electron chi connectivity index (χ3n) is 5.53. The van der Waals surface area contributed by atoms with Crippen LogP contribution in [0.4, 0.5) is 16.0 Å². The summed E-state index contributed by atoms with van der Waals surface area (Å²) in [6, 6.07) is 11.7. The van der Waals surface area contributed by atoms with E-state index >= 15 is 0 Å². The monoisotopic (exact) mass is 399 g/mol. The van der Waals surface area contributed by atoms with Crippen LogP contribution in [0.2, 0.25) is 0 Å². The van der Waals surface area contributed by atoms with Crippen molar-refractivity contribution < 1.29 is 4.39 Å². The molecule has 7 nitrogen and oxygen atoms in total. The first-order chi connectivity index (χ1) is 14.8. The van der Waals surface area contributed by atoms with E-state index in [2.05, 4.69) is 36.8 Å². The first-order valence-corrected chi connectivity index (χ1v) is 9.83. The number of anilines is 2. The number of rotatable bonds is 3. The Morgan fingerprint density at radius 1 is 1.13 bits per heavy atom. The zero-order valence-corrected chi connectivity index (χ0v) is 16.0. The molecule has 6 rings (SSSR count). The molecule has 0 radical (unpaired) electrons. The Morgan fingerprint density at radius 2 is 2.10 bits per heavy atom. The van der Waals surface area contributed by atoms with Crippen molar-refractivity contribution in [3.63, 3.8) is 0 Å². The van der Waals surface area contributed by atoms with E-state index in [9.17, 15) is 4.39 Å². The minimum Gasteiger partial charge on any atom is -0.358 e. The number of hydrogen-bond acceptors (Lipinski definition) is 5. The number of nitrogens with zero attached hydrogens (tertiary/aromatic N) is 4. The van der Waals surface area contributed by atoms with Crippen molar-refractivity contribution in [2.75, 3.05) is 11.9 Å². The van der Waals surface area contributed by atoms with E-state index in [1.807, 2.05) is 36.5 Å². The van der Waals surface area contributed by atoms with Gasteiger partial charge in [-0.25, -0.2) is 18.9 Å². The molecule has 1 aliphatic rings. The van der Waals surface area contributed by atoms with Gasteiger partial charge >= 0.3 is 0 Å². The average Bonchev–Trinajstić information content (AvgIpc) is 3.36. The number of nitrogens with one attached hydrogen (secondary N) is 3. The topological polar surface area (TPSA) is 82.9 Å². The molecule has 1 aliphatic heterocycles. The molecule has 0 saturated heterocycles. The maximum atomic E-state index is 14.6. The van der Waals surface area contributed by atoms with Crippen LogP contribution in [0, 0.1) is 5.82 Å². The van der Waals surface area contributed by atoms with Crippen LogP contribution in [0.15, 0.2) is 55.0 Å². The molecule has 4 aromatic heterocycles. The quantitative estimate of drug-likeness (QED) is 0.430. The number of aromatic nitrogens is 5. The predicted molar refractivity (Wildman–Crippen MR) is 113 cm³/mol. The molecule has 0 unspecified atom stereocenters. The maximum absolute atomic E-state index is 14.6. The van der Waals surface area contributed by atoms with Crippen molar-refractivity contribution in [1.29, 1.82) is 0 Å². The highest BCUT2D eigenvalue weighted by atomic mass is 19.1. The Morgan fingerprint density at radius 3 is 3.07 bits per heavy atom. The molecule has 148 valence electrons. The first kappa shape index (κ1) is 17.1. The smallest absolute Gasteiger partial charge is 0.227 e. The molecule has 0 bridgehead atoms. The summed E-state index contributed by atoms with van der Waals surface area (Å²) in [4.78, 5) is 12.1. The normalized spacial score (nSPS) is 13.6. The van der Waals surface area contributed by atoms with Gasteiger partial charge in [-0.2, -0.15) is 5.10 Å². The van der Waals surface area contributed by atoms with E-state index in [0.717, 1.165) is 36.2 Å². The lowest BCUT2D eigenvalue weighted by atomic mass is 10.1. The molecule has 0 saturated carbocycles. The van der Waals surface area contributed by atoms with Crippen molar-refractivity contribution in [1.82, 2.24) is 29.9 Å². The summed E-state index contributed by atoms with van der Waals surface area (Å²) in [5.74, 6) is -0.149. The van der Waals surface area contributed by atoms with Crippen LogP contribution >= 0.6 is 0 Å². The number of fused-ring (bicyclic) bond motifs is 4. The predicted octanol–water partition coefficient (Wildman–Crippen LogP) is 3.80. The summed E-state index contributed by atoms with van der Waals surface area (Å²) in [5.41, 5.74) is 6.18. The van der Waals surface area contributed by atoms with Gasteiger partial charge in [-0.15, -0.1) is 0 Å². The molecular formula is C22H18FN7. The lowest BCUT2D eigenvalue weighted by molar-refractivity contribution is 0.619. The molecule has 1 aromatic carbocycles. The van der Waals surface area contributed by atoms with Gasteiger partial charge in [-0.05, 0) is 35.9 Å². The number of H-pyrrole nitrogens is 1. The van der Waals surface area contributed by atoms with Crippen molar-refractivity contribution in [2.24, 2.45) is 0 Å². The largest absolute Gasteiger partial charge is 0.358 e. The van der Waals surface area contributed by atoms with Crippen LogP contribution in [-0.2, 0) is 13.0 Å². The Bertz CT molecular complexity index is 1400. The van der Waals surface area contributed by atoms with E-state index < -0.39 is 5.82 Å². The van der Waals surface area contributed by atoms with Crippen LogP contribution in [0.3, 0.4) is 0 Å². The van der Waals surface area contributed by atoms with E-state index in [0.29, 0.717) is 11.5 Å². The molecule has 5 aromatic rings. The number of halogens is 1. The molecule has 30 heavy (non-hydrogen) atoms. The van der Waals surface area contributed by atoms with Gasteiger partial charge in [-0.1, -0.05) is 6.07 Å². The molecular weight excluding hydrogens is 381 g/mol. The lowest BCUT2D eigenvalue weighted by Crippen LogP contribution is -2.22. The van der Waals surface area contributed by atoms with E-state index in [1.54, 1.807) is 10.7 Å². The summed E-state index contributed by atoms with van der Waals surface area (Å²) in [6.07, 6.45) is 5.63. The Labute approximate surface area is 171 Å². The van der Waals surface area contributed by atoms with Crippen LogP contribution in [0.1, 0.15) is 11.3 Å². The second kappa shape index (κ2) is 6.64. The number of pyridine rings is 1. The van der Waals surface area contributed by atoms with Gasteiger partial charge in [0.2, 0.25) is 5.95 Å². The van der Waals surface area contributed by atoms with Crippen LogP contribution in [-0.4, -0.2) is 31.1 Å². The average molecular weight is 399 g/mol. The summed E-state index contributed by atoms with van der Waals surface area (Å²) in [5, 5.41) is 12.1. The molecule has 0 fully saturated rings. The molecule has 8 heteroatoms. The van der Waals surface area contributed by atoms with Crippen LogP contribution in [0.5, 0.6) is 0 Å². The number of benzene rings is 1. The summed E-state index contributed by atoms with van der Waals surface area (Å²) >= 11 is 0. The van der Waals surface area contributed by atoms with Crippen molar-refractivity contribution in [3.05, 3.63) is 72.1 Å². The standard InChI is InChI=1S/C22H18FN7/c23-17-12-25-22(29-21(17)16-11-26-30-8-2-1-3-20(16)30)27-13-4-5-18-14(9-13)15-10-24-7-6-19(15)28-18/h1-5,8-9,11-12,24,28H,6-7,10H2,(H,25,27,29). The molecule has 0 spiro atoms. The van der Waals surface area contributed by atoms with Gasteiger partial charge in [0.05, 0.1) is 17.9 Å². The fourth-order valence-corrected chi connectivity index (χ4v) is 4.09. The maximum Gasteiger partial charge on any atom is 0.227 e. The third kappa shape index (κ3) is 2.73. The minimum atomic E-state index is -0.486. The lowest BCUT2D eigenvalue weighted by Gasteiger charge is -2.12. The third-order valence-corrected chi connectivity index (χ3v) is 5.53. The second-order valence-corrected chi connectivity index (χ2v) is 7.37. The summed E-state index contributed by atoms with van der Waals surface area (Å²) in [7, 11) is 0. The highest BCUT2D eigenvalue weighted by Crippen LogP contribution is 2.30. The minimum absolute atomic E-state index is 0.220. The second-order valence-electron chi connectivity index (χ2n) is 7.37. The van der Waals surface area contributed by atoms with Crippen LogP contribution < -0.4 is 10.6 Å². The van der Waals surface area contributed by atoms with Crippen LogP contribution in [0.25, 0.3) is 27.7 Å². The number of aromatic amines is 1. The Kier molecular flexibility index (Phi) is 3.78. The van der Waals surface area contributed by atoms with Gasteiger partial charge in [0.25, 0.3) is 0 Å². The Hall–Kier alpha value is -3.78. The summed E-state index contributed by atoms with van der Waals surface area (Å²) < 4.78 is 16.2. The van der Waals surface area contributed by atoms with Crippen molar-refractivity contribution >= 4 is 28.1 Å². The summed E-state index contributed by atoms with van der Waals surface area (Å²) in [6.45, 7) is 1.84. The van der Waals surface area contributed by atoms with E-state index in [4.69, 9.17) is 0 Å². The van der Waals surface area contributed by atoms with Crippen molar-refractivity contribution in [2.45, 2.75) is 13.0 Å². The van der Waals surface area contributed by atoms with E-state index in [-0.39, 0.29) is 5.69 Å². The molecule has 0 aliphatic carbocycles. The fraction of sp³-hybridized carbons (Fsp3) is 0.136. The fourth-order valence-electron chi connectivity index (χ4n) is 4.09. The molecule has 3 N–H and O–H groups in total. The van der Waals surface area contributed by atoms with Gasteiger partial charge in [0.1, 0.15) is 5.69 Å². The van der Waals surface area contributed by atoms with Gasteiger partial charge in [-0.3, -0.25) is 0 Å². The highest BCUT2D eigenvalue weighted by Gasteiger charge is 2.17. The zero-order chi connectivity index (χ0) is 20.1. The molecule has 0 atom stereocenters. The number of hydrogen-bond donors (Lipinski definition) is 3. The SMILES string of the molecule is Fc1cnc(Nc2ccc3[nH]c4c(c3c2)CNCC4)nc1-c1cnn2ccccc12. The van der Waals surface area contributed by atoms with E-state index in [1.165, 1.54) is 22.8 Å². The zero-order valence-electron chi connectivity index (χ0n) is 16.0. The first-order valence-electron chi connectivity index (χ1n) is 9.83. The molecule has 5 heterocycles. The van der Waals surface area contributed by atoms with Gasteiger partial charge in [0.15, 0.2) is 5.82 Å².